The van der Waals surface area contributed by atoms with Crippen molar-refractivity contribution in [3.05, 3.63) is 0 Å². The van der Waals surface area contributed by atoms with Crippen molar-refractivity contribution in [2.45, 2.75) is 57.3 Å². The molecular weight excluding hydrogens is 252 g/mol. The van der Waals surface area contributed by atoms with E-state index in [-0.39, 0.29) is 6.42 Å². The van der Waals surface area contributed by atoms with Crippen LogP contribution in [0.2, 0.25) is 0 Å². The zero-order chi connectivity index (χ0) is 15.1. The SMILES string of the molecule is CC(C)([18F])C[C@H](NC(=O)[C@@H](N)CCCCN)C(=O)O. The maximum Gasteiger partial charge on any atom is 0.326 e. The summed E-state index contributed by atoms with van der Waals surface area (Å²) < 4.78 is 13.4. The number of hydrogen-bond donors (Lipinski definition) is 4. The Labute approximate surface area is 112 Å². The first-order valence-corrected chi connectivity index (χ1v) is 6.35. The highest BCUT2D eigenvalue weighted by molar-refractivity contribution is 5.86. The number of hydrogen-bond acceptors (Lipinski definition) is 4. The van der Waals surface area contributed by atoms with Gasteiger partial charge in [-0.25, -0.2) is 9.18 Å². The summed E-state index contributed by atoms with van der Waals surface area (Å²) in [6, 6.07) is -2.07. The van der Waals surface area contributed by atoms with E-state index in [4.69, 9.17) is 16.6 Å². The molecule has 6 nitrogen and oxygen atoms in total. The normalized spacial score (nSPS) is 14.8. The number of carbonyl (C=O) groups is 2. The van der Waals surface area contributed by atoms with E-state index in [0.29, 0.717) is 19.4 Å². The third-order valence-corrected chi connectivity index (χ3v) is 2.61. The van der Waals surface area contributed by atoms with Crippen LogP contribution in [0.15, 0.2) is 0 Å². The molecule has 7 heteroatoms. The van der Waals surface area contributed by atoms with Crippen LogP contribution in [0.3, 0.4) is 0 Å². The van der Waals surface area contributed by atoms with Crippen molar-refractivity contribution in [2.24, 2.45) is 11.5 Å². The number of nitrogens with one attached hydrogen (secondary N) is 1. The molecule has 6 N–H and O–H groups in total. The van der Waals surface area contributed by atoms with E-state index in [1.54, 1.807) is 0 Å². The Morgan fingerprint density at radius 3 is 2.37 bits per heavy atom. The molecule has 0 heterocycles. The van der Waals surface area contributed by atoms with Crippen LogP contribution in [0.25, 0.3) is 0 Å². The van der Waals surface area contributed by atoms with Gasteiger partial charge >= 0.3 is 5.97 Å². The van der Waals surface area contributed by atoms with Crippen molar-refractivity contribution < 1.29 is 19.1 Å². The number of aliphatic carboxylic acids is 1. The lowest BCUT2D eigenvalue weighted by Crippen LogP contribution is -2.50. The summed E-state index contributed by atoms with van der Waals surface area (Å²) in [5.74, 6) is -1.85. The molecule has 0 aliphatic heterocycles. The molecule has 0 aromatic carbocycles. The summed E-state index contributed by atoms with van der Waals surface area (Å²) in [6.07, 6.45) is 1.57. The molecule has 0 spiro atoms. The molecule has 0 aliphatic rings. The quantitative estimate of drug-likeness (QED) is 0.447. The molecule has 0 unspecified atom stereocenters. The van der Waals surface area contributed by atoms with Crippen LogP contribution < -0.4 is 16.8 Å². The zero-order valence-electron chi connectivity index (χ0n) is 11.5. The van der Waals surface area contributed by atoms with Gasteiger partial charge in [-0.3, -0.25) is 4.79 Å². The Morgan fingerprint density at radius 1 is 1.37 bits per heavy atom. The molecule has 2 atom stereocenters. The van der Waals surface area contributed by atoms with Crippen molar-refractivity contribution >= 4 is 11.9 Å². The van der Waals surface area contributed by atoms with Gasteiger partial charge in [0.25, 0.3) is 0 Å². The number of alkyl halides is 1. The van der Waals surface area contributed by atoms with Gasteiger partial charge in [0.2, 0.25) is 5.91 Å². The Morgan fingerprint density at radius 2 is 1.95 bits per heavy atom. The van der Waals surface area contributed by atoms with Crippen LogP contribution >= 0.6 is 0 Å². The molecule has 0 fully saturated rings. The number of carboxylic acid groups (broad SMARTS) is 1. The van der Waals surface area contributed by atoms with Gasteiger partial charge in [-0.2, -0.15) is 0 Å². The average Bonchev–Trinajstić information content (AvgIpc) is 2.26. The van der Waals surface area contributed by atoms with Crippen molar-refractivity contribution in [2.75, 3.05) is 6.54 Å². The van der Waals surface area contributed by atoms with Crippen molar-refractivity contribution in [1.82, 2.24) is 5.32 Å². The first-order chi connectivity index (χ1) is 8.67. The topological polar surface area (TPSA) is 118 Å². The van der Waals surface area contributed by atoms with E-state index < -0.39 is 29.6 Å². The van der Waals surface area contributed by atoms with Gasteiger partial charge in [-0.1, -0.05) is 6.42 Å². The van der Waals surface area contributed by atoms with Crippen LogP contribution in [-0.4, -0.2) is 41.3 Å². The smallest absolute Gasteiger partial charge is 0.326 e. The monoisotopic (exact) mass is 276 g/mol. The second-order valence-electron chi connectivity index (χ2n) is 5.21. The number of halogens is 1. The Kier molecular flexibility index (Phi) is 7.55. The van der Waals surface area contributed by atoms with Crippen molar-refractivity contribution in [3.63, 3.8) is 0 Å². The number of carboxylic acids is 1. The van der Waals surface area contributed by atoms with Crippen LogP contribution in [0.1, 0.15) is 39.5 Å². The summed E-state index contributed by atoms with van der Waals surface area (Å²) in [4.78, 5) is 22.6. The Bertz CT molecular complexity index is 305. The average molecular weight is 276 g/mol. The van der Waals surface area contributed by atoms with E-state index in [1.807, 2.05) is 0 Å². The lowest BCUT2D eigenvalue weighted by Gasteiger charge is -2.22. The van der Waals surface area contributed by atoms with Crippen molar-refractivity contribution in [3.8, 4) is 0 Å². The van der Waals surface area contributed by atoms with Crippen LogP contribution in [0.4, 0.5) is 4.39 Å². The van der Waals surface area contributed by atoms with Gasteiger partial charge in [-0.15, -0.1) is 0 Å². The van der Waals surface area contributed by atoms with E-state index in [1.165, 1.54) is 13.8 Å². The third kappa shape index (κ3) is 8.50. The number of carbonyl (C=O) groups excluding carboxylic acids is 1. The maximum absolute atomic E-state index is 13.4. The first kappa shape index (κ1) is 17.8. The molecule has 0 radical (unpaired) electrons. The fourth-order valence-electron chi connectivity index (χ4n) is 1.60. The molecule has 0 aliphatic carbocycles. The number of nitrogens with two attached hydrogens (primary N) is 2. The van der Waals surface area contributed by atoms with Gasteiger partial charge in [-0.05, 0) is 33.2 Å². The van der Waals surface area contributed by atoms with E-state index in [2.05, 4.69) is 5.32 Å². The molecule has 0 rings (SSSR count). The van der Waals surface area contributed by atoms with Gasteiger partial charge in [0.15, 0.2) is 0 Å². The lowest BCUT2D eigenvalue weighted by atomic mass is 10.00. The molecule has 19 heavy (non-hydrogen) atoms. The molecule has 0 aromatic rings. The number of amides is 1. The van der Waals surface area contributed by atoms with Crippen molar-refractivity contribution in [1.29, 1.82) is 0 Å². The standard InChI is InChI=1S/C12H24FN3O3/c1-12(2,13)7-9(11(18)19)16-10(17)8(15)5-3-4-6-14/h8-9H,3-7,14-15H2,1-2H3,(H,16,17)(H,18,19)/t8-,9-/m0/s1/i13-1. The highest BCUT2D eigenvalue weighted by atomic mass is 18.2. The minimum Gasteiger partial charge on any atom is -0.480 e. The molecule has 1 amide bonds. The minimum atomic E-state index is -1.68. The van der Waals surface area contributed by atoms with Gasteiger partial charge < -0.3 is 21.9 Å². The molecular formula is C12H24FN3O3. The highest BCUT2D eigenvalue weighted by Crippen LogP contribution is 2.16. The fourth-order valence-corrected chi connectivity index (χ4v) is 1.60. The predicted molar refractivity (Wildman–Crippen MR) is 70.3 cm³/mol. The summed E-state index contributed by atoms with van der Waals surface area (Å²) in [7, 11) is 0. The Hall–Kier alpha value is -1.21. The van der Waals surface area contributed by atoms with Gasteiger partial charge in [0, 0.05) is 6.42 Å². The van der Waals surface area contributed by atoms with Gasteiger partial charge in [0.05, 0.1) is 6.04 Å². The summed E-state index contributed by atoms with van der Waals surface area (Å²) in [5, 5.41) is 11.2. The molecule has 0 saturated carbocycles. The largest absolute Gasteiger partial charge is 0.480 e. The predicted octanol–water partition coefficient (Wildman–Crippen LogP) is 0.150. The molecule has 0 saturated heterocycles. The molecule has 112 valence electrons. The highest BCUT2D eigenvalue weighted by Gasteiger charge is 2.29. The van der Waals surface area contributed by atoms with Crippen LogP contribution in [0, 0.1) is 0 Å². The number of rotatable bonds is 9. The maximum atomic E-state index is 13.4. The van der Waals surface area contributed by atoms with E-state index in [0.717, 1.165) is 6.42 Å². The molecule has 0 aromatic heterocycles. The minimum absolute atomic E-state index is 0.302. The second kappa shape index (κ2) is 8.06. The summed E-state index contributed by atoms with van der Waals surface area (Å²) >= 11 is 0. The zero-order valence-corrected chi connectivity index (χ0v) is 11.5. The van der Waals surface area contributed by atoms with E-state index in [9.17, 15) is 14.0 Å². The molecule has 0 bridgehead atoms. The van der Waals surface area contributed by atoms with E-state index >= 15 is 0 Å². The third-order valence-electron chi connectivity index (χ3n) is 2.61. The van der Waals surface area contributed by atoms with Crippen LogP contribution in [-0.2, 0) is 9.59 Å². The summed E-state index contributed by atoms with van der Waals surface area (Å²) in [5.41, 5.74) is 9.27. The summed E-state index contributed by atoms with van der Waals surface area (Å²) in [6.45, 7) is 3.04. The first-order valence-electron chi connectivity index (χ1n) is 6.35. The van der Waals surface area contributed by atoms with Crippen LogP contribution in [0.5, 0.6) is 0 Å². The lowest BCUT2D eigenvalue weighted by molar-refractivity contribution is -0.143. The second-order valence-corrected chi connectivity index (χ2v) is 5.21. The fraction of sp³-hybridized carbons (Fsp3) is 0.833. The van der Waals surface area contributed by atoms with Gasteiger partial charge in [0.1, 0.15) is 11.7 Å². The Balaban J connectivity index is 4.35. The number of unbranched alkanes of at least 4 members (excludes halogenated alkanes) is 1.